The highest BCUT2D eigenvalue weighted by Crippen LogP contribution is 2.34. The van der Waals surface area contributed by atoms with Crippen molar-refractivity contribution >= 4 is 18.5 Å². The average Bonchev–Trinajstić information content (AvgIpc) is 2.62. The summed E-state index contributed by atoms with van der Waals surface area (Å²) in [6.45, 7) is 2.16. The Balaban J connectivity index is 1.79. The van der Waals surface area contributed by atoms with Gasteiger partial charge in [0.05, 0.1) is 0 Å². The average molecular weight is 320 g/mol. The monoisotopic (exact) mass is 320 g/mol. The van der Waals surface area contributed by atoms with Crippen molar-refractivity contribution < 1.29 is 4.74 Å². The Morgan fingerprint density at radius 2 is 1.13 bits per heavy atom. The minimum atomic E-state index is -0.411. The fourth-order valence-electron chi connectivity index (χ4n) is 2.60. The van der Waals surface area contributed by atoms with Crippen molar-refractivity contribution in [3.05, 3.63) is 91.0 Å². The minimum absolute atomic E-state index is 0.170. The summed E-state index contributed by atoms with van der Waals surface area (Å²) in [4.78, 5) is 0. The summed E-state index contributed by atoms with van der Waals surface area (Å²) in [5.41, 5.74) is 0. The SMILES string of the molecule is CC(CP(c1ccccc1)c1ccccc1)Oc1ccccc1. The third kappa shape index (κ3) is 4.43. The van der Waals surface area contributed by atoms with Gasteiger partial charge in [0.1, 0.15) is 11.9 Å². The molecule has 0 heterocycles. The van der Waals surface area contributed by atoms with Crippen molar-refractivity contribution in [3.8, 4) is 5.75 Å². The van der Waals surface area contributed by atoms with E-state index in [0.29, 0.717) is 0 Å². The first-order chi connectivity index (χ1) is 11.3. The predicted octanol–water partition coefficient (Wildman–Crippen LogP) is 4.59. The number of hydrogen-bond donors (Lipinski definition) is 0. The third-order valence-corrected chi connectivity index (χ3v) is 6.38. The van der Waals surface area contributed by atoms with Crippen LogP contribution in [0.25, 0.3) is 0 Å². The van der Waals surface area contributed by atoms with Crippen LogP contribution in [0.2, 0.25) is 0 Å². The van der Waals surface area contributed by atoms with Gasteiger partial charge in [-0.25, -0.2) is 0 Å². The molecule has 1 nitrogen and oxygen atoms in total. The van der Waals surface area contributed by atoms with E-state index in [1.165, 1.54) is 10.6 Å². The van der Waals surface area contributed by atoms with Crippen molar-refractivity contribution in [1.29, 1.82) is 0 Å². The molecule has 3 aromatic rings. The molecule has 0 fully saturated rings. The molecule has 3 aromatic carbocycles. The molecule has 0 radical (unpaired) electrons. The molecule has 3 rings (SSSR count). The highest BCUT2D eigenvalue weighted by Gasteiger charge is 2.17. The first kappa shape index (κ1) is 15.8. The molecule has 0 bridgehead atoms. The lowest BCUT2D eigenvalue weighted by Crippen LogP contribution is -2.23. The lowest BCUT2D eigenvalue weighted by atomic mass is 10.3. The Labute approximate surface area is 139 Å². The molecular weight excluding hydrogens is 299 g/mol. The Morgan fingerprint density at radius 3 is 1.61 bits per heavy atom. The zero-order chi connectivity index (χ0) is 15.9. The Morgan fingerprint density at radius 1 is 0.696 bits per heavy atom. The van der Waals surface area contributed by atoms with Gasteiger partial charge in [-0.3, -0.25) is 0 Å². The maximum atomic E-state index is 6.10. The van der Waals surface area contributed by atoms with Gasteiger partial charge in [0.15, 0.2) is 0 Å². The van der Waals surface area contributed by atoms with Crippen LogP contribution >= 0.6 is 7.92 Å². The third-order valence-electron chi connectivity index (χ3n) is 3.66. The molecule has 116 valence electrons. The molecule has 1 atom stereocenters. The van der Waals surface area contributed by atoms with Crippen molar-refractivity contribution in [1.82, 2.24) is 0 Å². The topological polar surface area (TPSA) is 9.23 Å². The van der Waals surface area contributed by atoms with Crippen LogP contribution in [-0.2, 0) is 0 Å². The number of para-hydroxylation sites is 1. The molecular formula is C21H21OP. The van der Waals surface area contributed by atoms with Crippen molar-refractivity contribution in [2.24, 2.45) is 0 Å². The van der Waals surface area contributed by atoms with Gasteiger partial charge in [-0.2, -0.15) is 0 Å². The maximum absolute atomic E-state index is 6.10. The lowest BCUT2D eigenvalue weighted by Gasteiger charge is -2.23. The summed E-state index contributed by atoms with van der Waals surface area (Å²) in [6.07, 6.45) is 1.18. The highest BCUT2D eigenvalue weighted by molar-refractivity contribution is 7.73. The molecule has 0 saturated carbocycles. The molecule has 0 aliphatic rings. The first-order valence-electron chi connectivity index (χ1n) is 7.92. The molecule has 0 aliphatic heterocycles. The summed E-state index contributed by atoms with van der Waals surface area (Å²) in [5, 5.41) is 2.80. The second-order valence-electron chi connectivity index (χ2n) is 5.52. The van der Waals surface area contributed by atoms with Crippen molar-refractivity contribution in [2.75, 3.05) is 6.16 Å². The smallest absolute Gasteiger partial charge is 0.119 e. The van der Waals surface area contributed by atoms with Crippen LogP contribution in [-0.4, -0.2) is 12.3 Å². The van der Waals surface area contributed by atoms with E-state index in [0.717, 1.165) is 11.9 Å². The van der Waals surface area contributed by atoms with Gasteiger partial charge in [-0.1, -0.05) is 78.9 Å². The molecule has 0 N–H and O–H groups in total. The normalized spacial score (nSPS) is 12.1. The number of hydrogen-bond acceptors (Lipinski definition) is 1. The van der Waals surface area contributed by atoms with Crippen molar-refractivity contribution in [2.45, 2.75) is 13.0 Å². The Bertz CT molecular complexity index is 658. The van der Waals surface area contributed by atoms with Crippen LogP contribution in [0.5, 0.6) is 5.75 Å². The molecule has 0 aliphatic carbocycles. The van der Waals surface area contributed by atoms with Crippen LogP contribution in [0.1, 0.15) is 6.92 Å². The summed E-state index contributed by atoms with van der Waals surface area (Å²) < 4.78 is 6.10. The standard InChI is InChI=1S/C21H21OP/c1-18(22-19-11-5-2-6-12-19)17-23(20-13-7-3-8-14-20)21-15-9-4-10-16-21/h2-16,18H,17H2,1H3. The van der Waals surface area contributed by atoms with Gasteiger partial charge in [-0.05, 0) is 37.6 Å². The molecule has 0 saturated heterocycles. The second kappa shape index (κ2) is 7.94. The minimum Gasteiger partial charge on any atom is -0.490 e. The van der Waals surface area contributed by atoms with Crippen LogP contribution in [0.3, 0.4) is 0 Å². The van der Waals surface area contributed by atoms with Crippen LogP contribution in [0, 0.1) is 0 Å². The van der Waals surface area contributed by atoms with Gasteiger partial charge in [0.2, 0.25) is 0 Å². The number of ether oxygens (including phenoxy) is 1. The molecule has 0 amide bonds. The lowest BCUT2D eigenvalue weighted by molar-refractivity contribution is 0.246. The first-order valence-corrected chi connectivity index (χ1v) is 9.45. The van der Waals surface area contributed by atoms with E-state index < -0.39 is 7.92 Å². The quantitative estimate of drug-likeness (QED) is 0.604. The van der Waals surface area contributed by atoms with Crippen LogP contribution in [0.15, 0.2) is 91.0 Å². The fraction of sp³-hybridized carbons (Fsp3) is 0.143. The summed E-state index contributed by atoms with van der Waals surface area (Å²) in [7, 11) is -0.411. The Hall–Kier alpha value is -2.11. The predicted molar refractivity (Wildman–Crippen MR) is 100 cm³/mol. The largest absolute Gasteiger partial charge is 0.490 e. The Kier molecular flexibility index (Phi) is 5.45. The molecule has 23 heavy (non-hydrogen) atoms. The van der Waals surface area contributed by atoms with Gasteiger partial charge >= 0.3 is 0 Å². The molecule has 0 spiro atoms. The van der Waals surface area contributed by atoms with E-state index in [2.05, 4.69) is 67.6 Å². The van der Waals surface area contributed by atoms with E-state index in [-0.39, 0.29) is 6.10 Å². The van der Waals surface area contributed by atoms with E-state index in [9.17, 15) is 0 Å². The molecule has 1 unspecified atom stereocenters. The van der Waals surface area contributed by atoms with Crippen LogP contribution < -0.4 is 15.3 Å². The van der Waals surface area contributed by atoms with Crippen molar-refractivity contribution in [3.63, 3.8) is 0 Å². The van der Waals surface area contributed by atoms with Crippen LogP contribution in [0.4, 0.5) is 0 Å². The highest BCUT2D eigenvalue weighted by atomic mass is 31.1. The summed E-state index contributed by atoms with van der Waals surface area (Å²) >= 11 is 0. The zero-order valence-corrected chi connectivity index (χ0v) is 14.2. The maximum Gasteiger partial charge on any atom is 0.119 e. The van der Waals surface area contributed by atoms with E-state index in [1.807, 2.05) is 30.3 Å². The van der Waals surface area contributed by atoms with Gasteiger partial charge in [0.25, 0.3) is 0 Å². The van der Waals surface area contributed by atoms with Gasteiger partial charge < -0.3 is 4.74 Å². The van der Waals surface area contributed by atoms with E-state index in [1.54, 1.807) is 0 Å². The van der Waals surface area contributed by atoms with Gasteiger partial charge in [0, 0.05) is 6.16 Å². The number of rotatable bonds is 6. The molecule has 0 aromatic heterocycles. The number of benzene rings is 3. The summed E-state index contributed by atoms with van der Waals surface area (Å²) in [6, 6.07) is 31.6. The zero-order valence-electron chi connectivity index (χ0n) is 13.3. The summed E-state index contributed by atoms with van der Waals surface area (Å²) in [5.74, 6) is 0.941. The second-order valence-corrected chi connectivity index (χ2v) is 7.78. The van der Waals surface area contributed by atoms with E-state index in [4.69, 9.17) is 4.74 Å². The fourth-order valence-corrected chi connectivity index (χ4v) is 4.97. The molecule has 2 heteroatoms. The van der Waals surface area contributed by atoms with E-state index >= 15 is 0 Å². The van der Waals surface area contributed by atoms with Gasteiger partial charge in [-0.15, -0.1) is 0 Å².